The normalized spacial score (nSPS) is 10.6. The fourth-order valence-corrected chi connectivity index (χ4v) is 3.86. The highest BCUT2D eigenvalue weighted by Gasteiger charge is 2.16. The van der Waals surface area contributed by atoms with E-state index in [1.54, 1.807) is 38.3 Å². The summed E-state index contributed by atoms with van der Waals surface area (Å²) in [6.07, 6.45) is 2.01. The van der Waals surface area contributed by atoms with Crippen molar-refractivity contribution < 1.29 is 19.1 Å². The lowest BCUT2D eigenvalue weighted by molar-refractivity contribution is -0.113. The maximum atomic E-state index is 12.5. The Morgan fingerprint density at radius 2 is 1.76 bits per heavy atom. The monoisotopic (exact) mass is 468 g/mol. The summed E-state index contributed by atoms with van der Waals surface area (Å²) in [6, 6.07) is 14.3. The van der Waals surface area contributed by atoms with Crippen molar-refractivity contribution in [3.63, 3.8) is 0 Å². The summed E-state index contributed by atoms with van der Waals surface area (Å²) in [5, 5.41) is 12.2. The SMILES string of the molecule is CCCCn1c(SCC(=O)Nc2ccc(C(=O)OCC)cc2)nnc1-c1ccc(OC)cc1. The van der Waals surface area contributed by atoms with Crippen LogP contribution in [0.25, 0.3) is 11.4 Å². The van der Waals surface area contributed by atoms with Gasteiger partial charge < -0.3 is 19.4 Å². The maximum absolute atomic E-state index is 12.5. The van der Waals surface area contributed by atoms with Gasteiger partial charge in [-0.2, -0.15) is 0 Å². The molecule has 0 atom stereocenters. The van der Waals surface area contributed by atoms with Crippen LogP contribution in [0, 0.1) is 0 Å². The van der Waals surface area contributed by atoms with Gasteiger partial charge in [-0.05, 0) is 61.9 Å². The molecule has 3 aromatic rings. The fourth-order valence-electron chi connectivity index (χ4n) is 3.10. The highest BCUT2D eigenvalue weighted by Crippen LogP contribution is 2.26. The van der Waals surface area contributed by atoms with Gasteiger partial charge in [0.1, 0.15) is 5.75 Å². The van der Waals surface area contributed by atoms with Crippen LogP contribution in [0.15, 0.2) is 53.7 Å². The summed E-state index contributed by atoms with van der Waals surface area (Å²) >= 11 is 1.34. The molecule has 1 heterocycles. The van der Waals surface area contributed by atoms with Gasteiger partial charge >= 0.3 is 5.97 Å². The van der Waals surface area contributed by atoms with Crippen molar-refractivity contribution >= 4 is 29.3 Å². The first-order chi connectivity index (χ1) is 16.0. The lowest BCUT2D eigenvalue weighted by atomic mass is 10.2. The Hall–Kier alpha value is -3.33. The summed E-state index contributed by atoms with van der Waals surface area (Å²) in [6.45, 7) is 4.97. The van der Waals surface area contributed by atoms with E-state index in [1.807, 2.05) is 24.3 Å². The molecule has 1 aromatic heterocycles. The number of nitrogens with zero attached hydrogens (tertiary/aromatic N) is 3. The summed E-state index contributed by atoms with van der Waals surface area (Å²) in [5.41, 5.74) is 2.00. The molecule has 0 saturated carbocycles. The molecule has 174 valence electrons. The number of nitrogens with one attached hydrogen (secondary N) is 1. The first kappa shape index (κ1) is 24.3. The molecule has 2 aromatic carbocycles. The second kappa shape index (κ2) is 12.1. The summed E-state index contributed by atoms with van der Waals surface area (Å²) in [4.78, 5) is 24.2. The third-order valence-electron chi connectivity index (χ3n) is 4.81. The van der Waals surface area contributed by atoms with Crippen molar-refractivity contribution in [1.82, 2.24) is 14.8 Å². The molecule has 8 nitrogen and oxygen atoms in total. The number of thioether (sulfide) groups is 1. The van der Waals surface area contributed by atoms with Gasteiger partial charge in [-0.25, -0.2) is 4.79 Å². The fraction of sp³-hybridized carbons (Fsp3) is 0.333. The molecule has 0 aliphatic heterocycles. The molecule has 0 radical (unpaired) electrons. The van der Waals surface area contributed by atoms with Crippen LogP contribution in [0.1, 0.15) is 37.0 Å². The van der Waals surface area contributed by atoms with Gasteiger partial charge in [0.2, 0.25) is 5.91 Å². The minimum Gasteiger partial charge on any atom is -0.497 e. The molecule has 0 aliphatic rings. The van der Waals surface area contributed by atoms with Gasteiger partial charge in [0, 0.05) is 17.8 Å². The number of benzene rings is 2. The highest BCUT2D eigenvalue weighted by molar-refractivity contribution is 7.99. The van der Waals surface area contributed by atoms with Crippen molar-refractivity contribution in [2.75, 3.05) is 24.8 Å². The number of rotatable bonds is 11. The van der Waals surface area contributed by atoms with Crippen LogP contribution in [0.4, 0.5) is 5.69 Å². The van der Waals surface area contributed by atoms with E-state index in [1.165, 1.54) is 11.8 Å². The number of hydrogen-bond donors (Lipinski definition) is 1. The minimum absolute atomic E-state index is 0.167. The standard InChI is InChI=1S/C24H28N4O4S/c1-4-6-15-28-22(17-9-13-20(31-3)14-10-17)26-27-24(28)33-16-21(29)25-19-11-7-18(8-12-19)23(30)32-5-2/h7-14H,4-6,15-16H2,1-3H3,(H,25,29). The topological polar surface area (TPSA) is 95.3 Å². The third kappa shape index (κ3) is 6.58. The van der Waals surface area contributed by atoms with Gasteiger partial charge in [-0.3, -0.25) is 4.79 Å². The van der Waals surface area contributed by atoms with Crippen molar-refractivity contribution in [3.8, 4) is 17.1 Å². The number of carbonyl (C=O) groups excluding carboxylic acids is 2. The molecule has 0 spiro atoms. The number of amides is 1. The van der Waals surface area contributed by atoms with E-state index >= 15 is 0 Å². The number of carbonyl (C=O) groups is 2. The van der Waals surface area contributed by atoms with E-state index in [0.29, 0.717) is 23.0 Å². The van der Waals surface area contributed by atoms with E-state index in [9.17, 15) is 9.59 Å². The zero-order valence-corrected chi connectivity index (χ0v) is 19.9. The molecule has 9 heteroatoms. The predicted octanol–water partition coefficient (Wildman–Crippen LogP) is 4.66. The van der Waals surface area contributed by atoms with E-state index in [0.717, 1.165) is 36.5 Å². The van der Waals surface area contributed by atoms with Crippen molar-refractivity contribution in [1.29, 1.82) is 0 Å². The van der Waals surface area contributed by atoms with Gasteiger partial charge in [0.15, 0.2) is 11.0 Å². The number of esters is 1. The summed E-state index contributed by atoms with van der Waals surface area (Å²) < 4.78 is 12.3. The smallest absolute Gasteiger partial charge is 0.338 e. The minimum atomic E-state index is -0.384. The molecule has 33 heavy (non-hydrogen) atoms. The van der Waals surface area contributed by atoms with Crippen LogP contribution < -0.4 is 10.1 Å². The van der Waals surface area contributed by atoms with Gasteiger partial charge in [-0.1, -0.05) is 25.1 Å². The maximum Gasteiger partial charge on any atom is 0.338 e. The van der Waals surface area contributed by atoms with E-state index in [-0.39, 0.29) is 17.6 Å². The van der Waals surface area contributed by atoms with Crippen LogP contribution in [0.2, 0.25) is 0 Å². The van der Waals surface area contributed by atoms with Crippen molar-refractivity contribution in [3.05, 3.63) is 54.1 Å². The van der Waals surface area contributed by atoms with Crippen LogP contribution in [0.3, 0.4) is 0 Å². The Balaban J connectivity index is 1.65. The van der Waals surface area contributed by atoms with Crippen LogP contribution >= 0.6 is 11.8 Å². The van der Waals surface area contributed by atoms with Crippen molar-refractivity contribution in [2.24, 2.45) is 0 Å². The molecular formula is C24H28N4O4S. The zero-order valence-electron chi connectivity index (χ0n) is 19.0. The van der Waals surface area contributed by atoms with E-state index < -0.39 is 0 Å². The second-order valence-corrected chi connectivity index (χ2v) is 8.12. The summed E-state index contributed by atoms with van der Waals surface area (Å²) in [7, 11) is 1.63. The van der Waals surface area contributed by atoms with Gasteiger partial charge in [0.05, 0.1) is 25.0 Å². The lowest BCUT2D eigenvalue weighted by Crippen LogP contribution is -2.15. The Bertz CT molecular complexity index is 1070. The number of unbranched alkanes of at least 4 members (excludes halogenated alkanes) is 1. The average Bonchev–Trinajstić information content (AvgIpc) is 3.24. The molecule has 0 bridgehead atoms. The van der Waals surface area contributed by atoms with Crippen LogP contribution in [-0.2, 0) is 16.1 Å². The number of ether oxygens (including phenoxy) is 2. The Morgan fingerprint density at radius 3 is 2.39 bits per heavy atom. The predicted molar refractivity (Wildman–Crippen MR) is 129 cm³/mol. The largest absolute Gasteiger partial charge is 0.497 e. The average molecular weight is 469 g/mol. The van der Waals surface area contributed by atoms with Gasteiger partial charge in [-0.15, -0.1) is 10.2 Å². The molecule has 0 unspecified atom stereocenters. The Labute approximate surface area is 197 Å². The number of anilines is 1. The third-order valence-corrected chi connectivity index (χ3v) is 5.78. The molecule has 1 amide bonds. The molecule has 0 fully saturated rings. The Morgan fingerprint density at radius 1 is 1.03 bits per heavy atom. The zero-order chi connectivity index (χ0) is 23.6. The summed E-state index contributed by atoms with van der Waals surface area (Å²) in [5.74, 6) is 1.18. The highest BCUT2D eigenvalue weighted by atomic mass is 32.2. The van der Waals surface area contributed by atoms with Crippen LogP contribution in [-0.4, -0.2) is 46.1 Å². The molecule has 0 aliphatic carbocycles. The van der Waals surface area contributed by atoms with E-state index in [4.69, 9.17) is 9.47 Å². The molecule has 1 N–H and O–H groups in total. The Kier molecular flexibility index (Phi) is 8.88. The first-order valence-electron chi connectivity index (χ1n) is 10.8. The number of hydrogen-bond acceptors (Lipinski definition) is 7. The lowest BCUT2D eigenvalue weighted by Gasteiger charge is -2.10. The van der Waals surface area contributed by atoms with E-state index in [2.05, 4.69) is 27.0 Å². The molecular weight excluding hydrogens is 440 g/mol. The quantitative estimate of drug-likeness (QED) is 0.323. The van der Waals surface area contributed by atoms with Crippen LogP contribution in [0.5, 0.6) is 5.75 Å². The second-order valence-electron chi connectivity index (χ2n) is 7.17. The molecule has 0 saturated heterocycles. The number of methoxy groups -OCH3 is 1. The molecule has 3 rings (SSSR count). The number of aromatic nitrogens is 3. The first-order valence-corrected chi connectivity index (χ1v) is 11.8. The van der Waals surface area contributed by atoms with Gasteiger partial charge in [0.25, 0.3) is 0 Å². The van der Waals surface area contributed by atoms with Crippen molar-refractivity contribution in [2.45, 2.75) is 38.4 Å².